The van der Waals surface area contributed by atoms with Crippen molar-refractivity contribution in [1.29, 1.82) is 0 Å². The third-order valence-electron chi connectivity index (χ3n) is 4.14. The summed E-state index contributed by atoms with van der Waals surface area (Å²) in [7, 11) is 4.22. The second kappa shape index (κ2) is 6.85. The van der Waals surface area contributed by atoms with E-state index in [1.165, 1.54) is 18.6 Å². The van der Waals surface area contributed by atoms with Crippen LogP contribution in [-0.2, 0) is 0 Å². The molecule has 2 rings (SSSR count). The van der Waals surface area contributed by atoms with Crippen LogP contribution in [0.4, 0.5) is 4.39 Å². The SMILES string of the molecule is CN(C)C1CCCN(C(CN)c2ccc(F)cc2Cl)C1. The highest BCUT2D eigenvalue weighted by molar-refractivity contribution is 6.31. The highest BCUT2D eigenvalue weighted by atomic mass is 35.5. The van der Waals surface area contributed by atoms with Gasteiger partial charge >= 0.3 is 0 Å². The molecule has 0 saturated carbocycles. The zero-order chi connectivity index (χ0) is 14.7. The van der Waals surface area contributed by atoms with Crippen molar-refractivity contribution in [2.75, 3.05) is 33.7 Å². The minimum absolute atomic E-state index is 0.0610. The van der Waals surface area contributed by atoms with Gasteiger partial charge in [-0.05, 0) is 51.2 Å². The van der Waals surface area contributed by atoms with Crippen LogP contribution in [0, 0.1) is 5.82 Å². The Balaban J connectivity index is 2.19. The topological polar surface area (TPSA) is 32.5 Å². The van der Waals surface area contributed by atoms with Crippen LogP contribution in [0.1, 0.15) is 24.4 Å². The molecule has 0 aromatic heterocycles. The number of hydrogen-bond donors (Lipinski definition) is 1. The summed E-state index contributed by atoms with van der Waals surface area (Å²) < 4.78 is 13.2. The predicted molar refractivity (Wildman–Crippen MR) is 81.5 cm³/mol. The molecule has 0 radical (unpaired) electrons. The monoisotopic (exact) mass is 299 g/mol. The van der Waals surface area contributed by atoms with Crippen LogP contribution in [0.2, 0.25) is 5.02 Å². The van der Waals surface area contributed by atoms with Crippen molar-refractivity contribution >= 4 is 11.6 Å². The van der Waals surface area contributed by atoms with Crippen molar-refractivity contribution in [3.8, 4) is 0 Å². The van der Waals surface area contributed by atoms with Gasteiger partial charge in [-0.1, -0.05) is 17.7 Å². The Labute approximate surface area is 125 Å². The van der Waals surface area contributed by atoms with E-state index in [1.807, 2.05) is 0 Å². The second-order valence-corrected chi connectivity index (χ2v) is 6.08. The van der Waals surface area contributed by atoms with Gasteiger partial charge in [0.15, 0.2) is 0 Å². The lowest BCUT2D eigenvalue weighted by molar-refractivity contribution is 0.0984. The largest absolute Gasteiger partial charge is 0.329 e. The summed E-state index contributed by atoms with van der Waals surface area (Å²) in [5.41, 5.74) is 6.88. The first kappa shape index (κ1) is 15.7. The Bertz CT molecular complexity index is 453. The molecule has 1 aromatic rings. The Morgan fingerprint density at radius 2 is 2.25 bits per heavy atom. The van der Waals surface area contributed by atoms with E-state index >= 15 is 0 Å². The lowest BCUT2D eigenvalue weighted by Gasteiger charge is -2.40. The number of benzene rings is 1. The van der Waals surface area contributed by atoms with E-state index in [4.69, 9.17) is 17.3 Å². The Hall–Kier alpha value is -0.680. The number of likely N-dealkylation sites (N-methyl/N-ethyl adjacent to an activating group) is 1. The number of hydrogen-bond acceptors (Lipinski definition) is 3. The van der Waals surface area contributed by atoms with E-state index in [0.29, 0.717) is 17.6 Å². The highest BCUT2D eigenvalue weighted by Gasteiger charge is 2.28. The summed E-state index contributed by atoms with van der Waals surface area (Å²) in [4.78, 5) is 4.62. The van der Waals surface area contributed by atoms with Crippen LogP contribution in [0.5, 0.6) is 0 Å². The van der Waals surface area contributed by atoms with Crippen molar-refractivity contribution in [2.24, 2.45) is 5.73 Å². The summed E-state index contributed by atoms with van der Waals surface area (Å²) in [5.74, 6) is -0.306. The molecule has 1 saturated heterocycles. The quantitative estimate of drug-likeness (QED) is 0.927. The van der Waals surface area contributed by atoms with E-state index < -0.39 is 0 Å². The molecule has 1 fully saturated rings. The van der Waals surface area contributed by atoms with Crippen LogP contribution < -0.4 is 5.73 Å². The Morgan fingerprint density at radius 1 is 1.50 bits per heavy atom. The molecule has 2 atom stereocenters. The molecule has 1 aliphatic heterocycles. The van der Waals surface area contributed by atoms with E-state index in [1.54, 1.807) is 6.07 Å². The van der Waals surface area contributed by atoms with E-state index in [2.05, 4.69) is 23.9 Å². The normalized spacial score (nSPS) is 22.2. The van der Waals surface area contributed by atoms with Crippen LogP contribution in [0.3, 0.4) is 0 Å². The predicted octanol–water partition coefficient (Wildman–Crippen LogP) is 2.50. The Morgan fingerprint density at radius 3 is 2.85 bits per heavy atom. The maximum atomic E-state index is 13.2. The minimum atomic E-state index is -0.306. The lowest BCUT2D eigenvalue weighted by Crippen LogP contribution is -2.47. The van der Waals surface area contributed by atoms with Gasteiger partial charge in [-0.15, -0.1) is 0 Å². The molecule has 1 heterocycles. The smallest absolute Gasteiger partial charge is 0.124 e. The number of nitrogens with two attached hydrogens (primary N) is 1. The average molecular weight is 300 g/mol. The molecule has 1 aromatic carbocycles. The molecular formula is C15H23ClFN3. The van der Waals surface area contributed by atoms with Crippen LogP contribution >= 0.6 is 11.6 Å². The fourth-order valence-corrected chi connectivity index (χ4v) is 3.23. The van der Waals surface area contributed by atoms with Gasteiger partial charge in [0, 0.05) is 30.2 Å². The summed E-state index contributed by atoms with van der Waals surface area (Å²) >= 11 is 6.19. The average Bonchev–Trinajstić information content (AvgIpc) is 2.42. The molecule has 0 aliphatic carbocycles. The van der Waals surface area contributed by atoms with Crippen LogP contribution in [-0.4, -0.2) is 49.6 Å². The first-order valence-electron chi connectivity index (χ1n) is 7.08. The molecule has 1 aliphatic rings. The van der Waals surface area contributed by atoms with Gasteiger partial charge in [0.2, 0.25) is 0 Å². The third-order valence-corrected chi connectivity index (χ3v) is 4.47. The van der Waals surface area contributed by atoms with E-state index in [0.717, 1.165) is 25.1 Å². The van der Waals surface area contributed by atoms with Crippen molar-refractivity contribution in [3.05, 3.63) is 34.6 Å². The molecule has 2 N–H and O–H groups in total. The molecule has 2 unspecified atom stereocenters. The summed E-state index contributed by atoms with van der Waals surface area (Å²) in [6.07, 6.45) is 2.36. The van der Waals surface area contributed by atoms with Crippen LogP contribution in [0.25, 0.3) is 0 Å². The molecule has 0 spiro atoms. The maximum absolute atomic E-state index is 13.2. The first-order chi connectivity index (χ1) is 9.52. The molecule has 3 nitrogen and oxygen atoms in total. The Kier molecular flexibility index (Phi) is 5.38. The molecule has 0 bridgehead atoms. The molecule has 112 valence electrons. The zero-order valence-corrected chi connectivity index (χ0v) is 12.9. The number of nitrogens with zero attached hydrogens (tertiary/aromatic N) is 2. The van der Waals surface area contributed by atoms with Gasteiger partial charge in [0.1, 0.15) is 5.82 Å². The number of piperidine rings is 1. The fraction of sp³-hybridized carbons (Fsp3) is 0.600. The maximum Gasteiger partial charge on any atom is 0.124 e. The molecule has 20 heavy (non-hydrogen) atoms. The standard InChI is InChI=1S/C15H23ClFN3/c1-19(2)12-4-3-7-20(10-12)15(9-18)13-6-5-11(17)8-14(13)16/h5-6,8,12,15H,3-4,7,9-10,18H2,1-2H3. The summed E-state index contributed by atoms with van der Waals surface area (Å²) in [5, 5.41) is 0.465. The zero-order valence-electron chi connectivity index (χ0n) is 12.1. The first-order valence-corrected chi connectivity index (χ1v) is 7.46. The summed E-state index contributed by atoms with van der Waals surface area (Å²) in [6, 6.07) is 5.18. The van der Waals surface area contributed by atoms with Gasteiger partial charge in [-0.2, -0.15) is 0 Å². The van der Waals surface area contributed by atoms with Crippen LogP contribution in [0.15, 0.2) is 18.2 Å². The molecular weight excluding hydrogens is 277 g/mol. The lowest BCUT2D eigenvalue weighted by atomic mass is 9.99. The van der Waals surface area contributed by atoms with Gasteiger partial charge in [0.25, 0.3) is 0 Å². The van der Waals surface area contributed by atoms with Gasteiger partial charge in [0.05, 0.1) is 0 Å². The molecule has 5 heteroatoms. The van der Waals surface area contributed by atoms with E-state index in [-0.39, 0.29) is 11.9 Å². The van der Waals surface area contributed by atoms with Gasteiger partial charge in [-0.25, -0.2) is 4.39 Å². The fourth-order valence-electron chi connectivity index (χ4n) is 2.93. The summed E-state index contributed by atoms with van der Waals surface area (Å²) in [6.45, 7) is 2.48. The second-order valence-electron chi connectivity index (χ2n) is 5.67. The minimum Gasteiger partial charge on any atom is -0.329 e. The van der Waals surface area contributed by atoms with Gasteiger partial charge in [-0.3, -0.25) is 4.90 Å². The van der Waals surface area contributed by atoms with Crippen molar-refractivity contribution < 1.29 is 4.39 Å². The van der Waals surface area contributed by atoms with Crippen molar-refractivity contribution in [1.82, 2.24) is 9.80 Å². The molecule has 0 amide bonds. The highest BCUT2D eigenvalue weighted by Crippen LogP contribution is 2.30. The van der Waals surface area contributed by atoms with Crippen molar-refractivity contribution in [2.45, 2.75) is 24.9 Å². The number of halogens is 2. The third kappa shape index (κ3) is 3.50. The van der Waals surface area contributed by atoms with Crippen molar-refractivity contribution in [3.63, 3.8) is 0 Å². The number of likely N-dealkylation sites (tertiary alicyclic amines) is 1. The number of rotatable bonds is 4. The van der Waals surface area contributed by atoms with Gasteiger partial charge < -0.3 is 10.6 Å². The van der Waals surface area contributed by atoms with E-state index in [9.17, 15) is 4.39 Å².